The van der Waals surface area contributed by atoms with Crippen molar-refractivity contribution in [1.29, 1.82) is 0 Å². The Balaban J connectivity index is 2.02. The number of nitrogens with one attached hydrogen (secondary N) is 1. The summed E-state index contributed by atoms with van der Waals surface area (Å²) in [7, 11) is 0. The summed E-state index contributed by atoms with van der Waals surface area (Å²) in [6.45, 7) is 3.09. The molecule has 1 amide bonds. The molecule has 0 unspecified atom stereocenters. The van der Waals surface area contributed by atoms with Gasteiger partial charge < -0.3 is 10.1 Å². The molecule has 0 saturated carbocycles. The zero-order valence-electron chi connectivity index (χ0n) is 12.6. The predicted molar refractivity (Wildman–Crippen MR) is 91.6 cm³/mol. The van der Waals surface area contributed by atoms with Crippen molar-refractivity contribution < 1.29 is 14.3 Å². The first-order valence-electron chi connectivity index (χ1n) is 6.91. The molecule has 1 N–H and O–H groups in total. The maximum absolute atomic E-state index is 12.2. The number of rotatable bonds is 5. The van der Waals surface area contributed by atoms with Crippen LogP contribution in [-0.2, 0) is 4.79 Å². The average molecular weight is 352 g/mol. The van der Waals surface area contributed by atoms with Crippen LogP contribution in [0.15, 0.2) is 42.5 Å². The summed E-state index contributed by atoms with van der Waals surface area (Å²) in [5.74, 6) is -0.0273. The van der Waals surface area contributed by atoms with Gasteiger partial charge in [-0.1, -0.05) is 29.3 Å². The summed E-state index contributed by atoms with van der Waals surface area (Å²) in [6.07, 6.45) is -0.765. The first-order valence-corrected chi connectivity index (χ1v) is 7.66. The Hall–Kier alpha value is -2.04. The topological polar surface area (TPSA) is 55.4 Å². The number of amides is 1. The molecule has 2 rings (SSSR count). The quantitative estimate of drug-likeness (QED) is 0.800. The first-order chi connectivity index (χ1) is 10.9. The van der Waals surface area contributed by atoms with Crippen LogP contribution >= 0.6 is 23.2 Å². The second-order valence-corrected chi connectivity index (χ2v) is 5.72. The lowest BCUT2D eigenvalue weighted by Crippen LogP contribution is -2.30. The van der Waals surface area contributed by atoms with E-state index in [0.717, 1.165) is 0 Å². The van der Waals surface area contributed by atoms with Crippen LogP contribution in [0.4, 0.5) is 5.69 Å². The number of ether oxygens (including phenoxy) is 1. The van der Waals surface area contributed by atoms with Gasteiger partial charge in [0.2, 0.25) is 0 Å². The van der Waals surface area contributed by atoms with Gasteiger partial charge >= 0.3 is 0 Å². The smallest absolute Gasteiger partial charge is 0.265 e. The number of benzene rings is 2. The van der Waals surface area contributed by atoms with Gasteiger partial charge in [-0.15, -0.1) is 0 Å². The van der Waals surface area contributed by atoms with Crippen molar-refractivity contribution in [3.8, 4) is 5.75 Å². The standard InChI is InChI=1S/C17H15Cl2NO3/c1-10(21)12-6-8-13(9-7-12)20-17(22)11(2)23-15-5-3-4-14(18)16(15)19/h3-9,11H,1-2H3,(H,20,22)/t11-/m0/s1. The van der Waals surface area contributed by atoms with Gasteiger partial charge in [-0.3, -0.25) is 9.59 Å². The van der Waals surface area contributed by atoms with E-state index >= 15 is 0 Å². The summed E-state index contributed by atoms with van der Waals surface area (Å²) in [5.41, 5.74) is 1.16. The second kappa shape index (κ2) is 7.49. The molecule has 0 aromatic heterocycles. The third kappa shape index (κ3) is 4.47. The SMILES string of the molecule is CC(=O)c1ccc(NC(=O)[C@H](C)Oc2cccc(Cl)c2Cl)cc1. The minimum absolute atomic E-state index is 0.0322. The number of carbonyl (C=O) groups excluding carboxylic acids is 2. The number of halogens is 2. The van der Waals surface area contributed by atoms with Crippen molar-refractivity contribution in [3.63, 3.8) is 0 Å². The lowest BCUT2D eigenvalue weighted by Gasteiger charge is -2.16. The van der Waals surface area contributed by atoms with E-state index in [-0.39, 0.29) is 16.7 Å². The molecule has 6 heteroatoms. The van der Waals surface area contributed by atoms with Crippen molar-refractivity contribution in [2.45, 2.75) is 20.0 Å². The fourth-order valence-corrected chi connectivity index (χ4v) is 2.19. The van der Waals surface area contributed by atoms with Crippen LogP contribution in [0, 0.1) is 0 Å². The fraction of sp³-hybridized carbons (Fsp3) is 0.176. The number of hydrogen-bond donors (Lipinski definition) is 1. The predicted octanol–water partition coefficient (Wildman–Crippen LogP) is 4.60. The van der Waals surface area contributed by atoms with Crippen molar-refractivity contribution in [2.24, 2.45) is 0 Å². The highest BCUT2D eigenvalue weighted by atomic mass is 35.5. The number of anilines is 1. The molecule has 0 heterocycles. The highest BCUT2D eigenvalue weighted by Crippen LogP contribution is 2.32. The Morgan fingerprint density at radius 2 is 1.74 bits per heavy atom. The number of hydrogen-bond acceptors (Lipinski definition) is 3. The molecule has 0 bridgehead atoms. The molecular weight excluding hydrogens is 337 g/mol. The average Bonchev–Trinajstić information content (AvgIpc) is 2.52. The maximum Gasteiger partial charge on any atom is 0.265 e. The number of ketones is 1. The first kappa shape index (κ1) is 17.3. The Morgan fingerprint density at radius 3 is 2.35 bits per heavy atom. The third-order valence-corrected chi connectivity index (χ3v) is 3.95. The molecule has 4 nitrogen and oxygen atoms in total. The maximum atomic E-state index is 12.2. The molecule has 0 aliphatic heterocycles. The van der Waals surface area contributed by atoms with Gasteiger partial charge in [-0.05, 0) is 50.2 Å². The van der Waals surface area contributed by atoms with Crippen LogP contribution in [-0.4, -0.2) is 17.8 Å². The summed E-state index contributed by atoms with van der Waals surface area (Å²) >= 11 is 11.9. The van der Waals surface area contributed by atoms with E-state index in [2.05, 4.69) is 5.32 Å². The summed E-state index contributed by atoms with van der Waals surface area (Å²) in [4.78, 5) is 23.4. The van der Waals surface area contributed by atoms with E-state index in [1.165, 1.54) is 6.92 Å². The van der Waals surface area contributed by atoms with Crippen LogP contribution in [0.2, 0.25) is 10.0 Å². The molecule has 2 aromatic carbocycles. The molecule has 2 aromatic rings. The van der Waals surface area contributed by atoms with Gasteiger partial charge in [0.15, 0.2) is 11.9 Å². The molecule has 0 spiro atoms. The third-order valence-electron chi connectivity index (χ3n) is 3.15. The molecule has 0 aliphatic rings. The zero-order valence-corrected chi connectivity index (χ0v) is 14.1. The van der Waals surface area contributed by atoms with Gasteiger partial charge in [-0.25, -0.2) is 0 Å². The normalized spacial score (nSPS) is 11.7. The van der Waals surface area contributed by atoms with Gasteiger partial charge in [-0.2, -0.15) is 0 Å². The molecule has 0 radical (unpaired) electrons. The lowest BCUT2D eigenvalue weighted by molar-refractivity contribution is -0.122. The van der Waals surface area contributed by atoms with Crippen LogP contribution in [0.3, 0.4) is 0 Å². The molecule has 0 aliphatic carbocycles. The van der Waals surface area contributed by atoms with Crippen LogP contribution in [0.5, 0.6) is 5.75 Å². The van der Waals surface area contributed by atoms with E-state index in [0.29, 0.717) is 22.0 Å². The summed E-state index contributed by atoms with van der Waals surface area (Å²) < 4.78 is 5.54. The van der Waals surface area contributed by atoms with E-state index in [1.54, 1.807) is 49.4 Å². The molecule has 23 heavy (non-hydrogen) atoms. The summed E-state index contributed by atoms with van der Waals surface area (Å²) in [6, 6.07) is 11.6. The molecule has 120 valence electrons. The Labute approximate surface area is 144 Å². The Kier molecular flexibility index (Phi) is 5.64. The van der Waals surface area contributed by atoms with Gasteiger partial charge in [0.05, 0.1) is 5.02 Å². The number of Topliss-reactive ketones (excluding diaryl/α,β-unsaturated/α-hetero) is 1. The van der Waals surface area contributed by atoms with Gasteiger partial charge in [0.25, 0.3) is 5.91 Å². The van der Waals surface area contributed by atoms with Crippen molar-refractivity contribution in [2.75, 3.05) is 5.32 Å². The highest BCUT2D eigenvalue weighted by molar-refractivity contribution is 6.42. The van der Waals surface area contributed by atoms with Gasteiger partial charge in [0, 0.05) is 11.3 Å². The van der Waals surface area contributed by atoms with E-state index < -0.39 is 6.10 Å². The summed E-state index contributed by atoms with van der Waals surface area (Å²) in [5, 5.41) is 3.33. The van der Waals surface area contributed by atoms with Crippen molar-refractivity contribution >= 4 is 40.6 Å². The molecule has 0 saturated heterocycles. The fourth-order valence-electron chi connectivity index (χ4n) is 1.85. The lowest BCUT2D eigenvalue weighted by atomic mass is 10.1. The van der Waals surface area contributed by atoms with Crippen LogP contribution < -0.4 is 10.1 Å². The molecular formula is C17H15Cl2NO3. The highest BCUT2D eigenvalue weighted by Gasteiger charge is 2.17. The molecule has 0 fully saturated rings. The van der Waals surface area contributed by atoms with Gasteiger partial charge in [0.1, 0.15) is 10.8 Å². The minimum Gasteiger partial charge on any atom is -0.479 e. The van der Waals surface area contributed by atoms with E-state index in [9.17, 15) is 9.59 Å². The largest absolute Gasteiger partial charge is 0.479 e. The Morgan fingerprint density at radius 1 is 1.09 bits per heavy atom. The Bertz CT molecular complexity index is 729. The van der Waals surface area contributed by atoms with Crippen molar-refractivity contribution in [3.05, 3.63) is 58.1 Å². The monoisotopic (exact) mass is 351 g/mol. The van der Waals surface area contributed by atoms with E-state index in [1.807, 2.05) is 0 Å². The molecule has 1 atom stereocenters. The van der Waals surface area contributed by atoms with Crippen LogP contribution in [0.25, 0.3) is 0 Å². The second-order valence-electron chi connectivity index (χ2n) is 4.93. The zero-order chi connectivity index (χ0) is 17.0. The van der Waals surface area contributed by atoms with Crippen LogP contribution in [0.1, 0.15) is 24.2 Å². The number of carbonyl (C=O) groups is 2. The van der Waals surface area contributed by atoms with E-state index in [4.69, 9.17) is 27.9 Å². The minimum atomic E-state index is -0.765. The van der Waals surface area contributed by atoms with Crippen molar-refractivity contribution in [1.82, 2.24) is 0 Å².